The zero-order valence-electron chi connectivity index (χ0n) is 13.3. The molecule has 0 unspecified atom stereocenters. The molecule has 0 aliphatic rings. The van der Waals surface area contributed by atoms with Gasteiger partial charge in [-0.1, -0.05) is 0 Å². The lowest BCUT2D eigenvalue weighted by Crippen LogP contribution is -2.27. The molecule has 9 heteroatoms. The molecule has 3 aromatic rings. The van der Waals surface area contributed by atoms with E-state index in [2.05, 4.69) is 15.6 Å². The number of carbonyl (C=O) groups excluding carboxylic acids is 2. The third-order valence-electron chi connectivity index (χ3n) is 3.35. The Bertz CT molecular complexity index is 925. The largest absolute Gasteiger partial charge is 0.459 e. The molecule has 0 fully saturated rings. The van der Waals surface area contributed by atoms with E-state index in [1.807, 2.05) is 0 Å². The van der Waals surface area contributed by atoms with Gasteiger partial charge < -0.3 is 15.1 Å². The fourth-order valence-electron chi connectivity index (χ4n) is 2.09. The van der Waals surface area contributed by atoms with Crippen molar-refractivity contribution in [1.29, 1.82) is 0 Å². The van der Waals surface area contributed by atoms with Gasteiger partial charge in [0.25, 0.3) is 5.91 Å². The van der Waals surface area contributed by atoms with E-state index < -0.39 is 17.5 Å². The second kappa shape index (κ2) is 7.87. The van der Waals surface area contributed by atoms with Crippen molar-refractivity contribution in [1.82, 2.24) is 10.3 Å². The number of halogens is 2. The first kappa shape index (κ1) is 17.7. The van der Waals surface area contributed by atoms with Crippen LogP contribution in [-0.2, 0) is 4.79 Å². The zero-order chi connectivity index (χ0) is 18.5. The third kappa shape index (κ3) is 4.31. The summed E-state index contributed by atoms with van der Waals surface area (Å²) in [5, 5.41) is 7.10. The highest BCUT2D eigenvalue weighted by atomic mass is 32.1. The van der Waals surface area contributed by atoms with Gasteiger partial charge in [-0.2, -0.15) is 0 Å². The van der Waals surface area contributed by atoms with Gasteiger partial charge in [0, 0.05) is 23.9 Å². The average Bonchev–Trinajstić information content (AvgIpc) is 3.29. The molecule has 134 valence electrons. The van der Waals surface area contributed by atoms with Gasteiger partial charge in [-0.05, 0) is 30.3 Å². The molecule has 0 saturated heterocycles. The molecule has 0 atom stereocenters. The first-order chi connectivity index (χ1) is 12.5. The standard InChI is InChI=1S/C17H13F2N3O3S/c18-11-4-3-10(8-12(11)19)13-9-26-17(21-13)22-15(23)5-6-20-16(24)14-2-1-7-25-14/h1-4,7-9H,5-6H2,(H,20,24)(H,21,22,23). The fraction of sp³-hybridized carbons (Fsp3) is 0.118. The van der Waals surface area contributed by atoms with Gasteiger partial charge in [0.15, 0.2) is 22.5 Å². The van der Waals surface area contributed by atoms with Gasteiger partial charge in [0.1, 0.15) is 0 Å². The van der Waals surface area contributed by atoms with E-state index >= 15 is 0 Å². The molecule has 0 bridgehead atoms. The monoisotopic (exact) mass is 377 g/mol. The van der Waals surface area contributed by atoms with Crippen LogP contribution < -0.4 is 10.6 Å². The number of aromatic nitrogens is 1. The van der Waals surface area contributed by atoms with Crippen molar-refractivity contribution in [3.63, 3.8) is 0 Å². The van der Waals surface area contributed by atoms with E-state index in [4.69, 9.17) is 4.42 Å². The summed E-state index contributed by atoms with van der Waals surface area (Å²) in [7, 11) is 0. The Balaban J connectivity index is 1.51. The maximum absolute atomic E-state index is 13.3. The van der Waals surface area contributed by atoms with E-state index in [1.165, 1.54) is 18.4 Å². The van der Waals surface area contributed by atoms with E-state index in [-0.39, 0.29) is 24.6 Å². The molecule has 0 aliphatic carbocycles. The van der Waals surface area contributed by atoms with Crippen molar-refractivity contribution in [2.75, 3.05) is 11.9 Å². The molecule has 1 aromatic carbocycles. The predicted octanol–water partition coefficient (Wildman–Crippen LogP) is 3.44. The van der Waals surface area contributed by atoms with Crippen LogP contribution in [0.25, 0.3) is 11.3 Å². The zero-order valence-corrected chi connectivity index (χ0v) is 14.1. The predicted molar refractivity (Wildman–Crippen MR) is 91.8 cm³/mol. The number of hydrogen-bond donors (Lipinski definition) is 2. The second-order valence-electron chi connectivity index (χ2n) is 5.20. The Hall–Kier alpha value is -3.07. The van der Waals surface area contributed by atoms with Gasteiger partial charge >= 0.3 is 0 Å². The number of rotatable bonds is 6. The number of hydrogen-bond acceptors (Lipinski definition) is 5. The molecule has 0 aliphatic heterocycles. The molecular weight excluding hydrogens is 364 g/mol. The molecule has 0 saturated carbocycles. The summed E-state index contributed by atoms with van der Waals surface area (Å²) in [6, 6.07) is 6.58. The number of nitrogens with zero attached hydrogens (tertiary/aromatic N) is 1. The number of carbonyl (C=O) groups is 2. The first-order valence-electron chi connectivity index (χ1n) is 7.55. The maximum atomic E-state index is 13.3. The molecule has 26 heavy (non-hydrogen) atoms. The number of thiazole rings is 1. The van der Waals surface area contributed by atoms with Gasteiger partial charge in [-0.25, -0.2) is 13.8 Å². The number of benzene rings is 1. The molecule has 2 amide bonds. The van der Waals surface area contributed by atoms with Crippen molar-refractivity contribution in [3.8, 4) is 11.3 Å². The van der Waals surface area contributed by atoms with E-state index in [0.29, 0.717) is 16.4 Å². The average molecular weight is 377 g/mol. The number of nitrogens with one attached hydrogen (secondary N) is 2. The molecule has 2 aromatic heterocycles. The van der Waals surface area contributed by atoms with Crippen molar-refractivity contribution in [3.05, 3.63) is 59.4 Å². The molecule has 3 rings (SSSR count). The molecule has 0 radical (unpaired) electrons. The highest BCUT2D eigenvalue weighted by Gasteiger charge is 2.12. The minimum absolute atomic E-state index is 0.0482. The Kier molecular flexibility index (Phi) is 5.37. The number of furan rings is 1. The summed E-state index contributed by atoms with van der Waals surface area (Å²) >= 11 is 1.16. The summed E-state index contributed by atoms with van der Waals surface area (Å²) in [5.41, 5.74) is 0.835. The van der Waals surface area contributed by atoms with Crippen LogP contribution in [0.15, 0.2) is 46.4 Å². The Morgan fingerprint density at radius 1 is 1.19 bits per heavy atom. The Labute approximate surface area is 150 Å². The van der Waals surface area contributed by atoms with Crippen molar-refractivity contribution < 1.29 is 22.8 Å². The quantitative estimate of drug-likeness (QED) is 0.689. The highest BCUT2D eigenvalue weighted by molar-refractivity contribution is 7.14. The Morgan fingerprint density at radius 2 is 2.04 bits per heavy atom. The topological polar surface area (TPSA) is 84.2 Å². The van der Waals surface area contributed by atoms with Crippen LogP contribution >= 0.6 is 11.3 Å². The minimum Gasteiger partial charge on any atom is -0.459 e. The number of amides is 2. The lowest BCUT2D eigenvalue weighted by atomic mass is 10.2. The van der Waals surface area contributed by atoms with Gasteiger partial charge in [-0.15, -0.1) is 11.3 Å². The van der Waals surface area contributed by atoms with Crippen LogP contribution in [0.5, 0.6) is 0 Å². The summed E-state index contributed by atoms with van der Waals surface area (Å²) in [5.74, 6) is -2.47. The maximum Gasteiger partial charge on any atom is 0.286 e. The minimum atomic E-state index is -0.964. The smallest absolute Gasteiger partial charge is 0.286 e. The van der Waals surface area contributed by atoms with Crippen molar-refractivity contribution in [2.24, 2.45) is 0 Å². The van der Waals surface area contributed by atoms with E-state index in [9.17, 15) is 18.4 Å². The fourth-order valence-corrected chi connectivity index (χ4v) is 2.82. The van der Waals surface area contributed by atoms with Crippen LogP contribution in [0.3, 0.4) is 0 Å². The highest BCUT2D eigenvalue weighted by Crippen LogP contribution is 2.26. The van der Waals surface area contributed by atoms with Gasteiger partial charge in [0.05, 0.1) is 12.0 Å². The Morgan fingerprint density at radius 3 is 2.77 bits per heavy atom. The van der Waals surface area contributed by atoms with E-state index in [1.54, 1.807) is 11.4 Å². The SMILES string of the molecule is O=C(CCNC(=O)c1ccco1)Nc1nc(-c2ccc(F)c(F)c2)cs1. The molecule has 0 spiro atoms. The second-order valence-corrected chi connectivity index (χ2v) is 6.06. The number of anilines is 1. The van der Waals surface area contributed by atoms with E-state index in [0.717, 1.165) is 23.5 Å². The lowest BCUT2D eigenvalue weighted by Gasteiger charge is -2.03. The van der Waals surface area contributed by atoms with Crippen LogP contribution in [0, 0.1) is 11.6 Å². The van der Waals surface area contributed by atoms with Crippen LogP contribution in [0.2, 0.25) is 0 Å². The van der Waals surface area contributed by atoms with Crippen molar-refractivity contribution >= 4 is 28.3 Å². The third-order valence-corrected chi connectivity index (χ3v) is 4.11. The molecular formula is C17H13F2N3O3S. The van der Waals surface area contributed by atoms with Crippen LogP contribution in [0.4, 0.5) is 13.9 Å². The van der Waals surface area contributed by atoms with Crippen LogP contribution in [0.1, 0.15) is 17.0 Å². The summed E-state index contributed by atoms with van der Waals surface area (Å²) in [6.07, 6.45) is 1.43. The summed E-state index contributed by atoms with van der Waals surface area (Å²) in [4.78, 5) is 27.7. The van der Waals surface area contributed by atoms with Crippen molar-refractivity contribution in [2.45, 2.75) is 6.42 Å². The normalized spacial score (nSPS) is 10.5. The summed E-state index contributed by atoms with van der Waals surface area (Å²) < 4.78 is 31.2. The molecule has 2 N–H and O–H groups in total. The molecule has 6 nitrogen and oxygen atoms in total. The lowest BCUT2D eigenvalue weighted by molar-refractivity contribution is -0.116. The van der Waals surface area contributed by atoms with Gasteiger partial charge in [0.2, 0.25) is 5.91 Å². The van der Waals surface area contributed by atoms with Crippen LogP contribution in [-0.4, -0.2) is 23.3 Å². The molecule has 2 heterocycles. The van der Waals surface area contributed by atoms with Gasteiger partial charge in [-0.3, -0.25) is 9.59 Å². The summed E-state index contributed by atoms with van der Waals surface area (Å²) in [6.45, 7) is 0.132. The first-order valence-corrected chi connectivity index (χ1v) is 8.43.